The van der Waals surface area contributed by atoms with Gasteiger partial charge in [-0.1, -0.05) is 27.7 Å². The average Bonchev–Trinajstić information content (AvgIpc) is 2.73. The molecule has 2 atom stereocenters. The lowest BCUT2D eigenvalue weighted by Gasteiger charge is -2.28. The van der Waals surface area contributed by atoms with Crippen molar-refractivity contribution < 1.29 is 9.90 Å². The van der Waals surface area contributed by atoms with Crippen molar-refractivity contribution in [3.8, 4) is 0 Å². The first-order valence-corrected chi connectivity index (χ1v) is 7.00. The van der Waals surface area contributed by atoms with Crippen molar-refractivity contribution in [2.45, 2.75) is 65.0 Å². The Labute approximate surface area is 111 Å². The monoisotopic (exact) mass is 256 g/mol. The fourth-order valence-electron chi connectivity index (χ4n) is 2.62. The molecule has 4 heteroatoms. The summed E-state index contributed by atoms with van der Waals surface area (Å²) in [6.07, 6.45) is 2.97. The first kappa shape index (κ1) is 15.4. The molecule has 1 aliphatic heterocycles. The molecule has 18 heavy (non-hydrogen) atoms. The summed E-state index contributed by atoms with van der Waals surface area (Å²) in [5, 5.41) is 16.1. The summed E-state index contributed by atoms with van der Waals surface area (Å²) >= 11 is 0. The van der Waals surface area contributed by atoms with Gasteiger partial charge in [0.2, 0.25) is 5.91 Å². The molecule has 106 valence electrons. The maximum Gasteiger partial charge on any atom is 0.240 e. The van der Waals surface area contributed by atoms with Crippen molar-refractivity contribution in [1.29, 1.82) is 0 Å². The quantitative estimate of drug-likeness (QED) is 0.697. The first-order chi connectivity index (χ1) is 8.29. The van der Waals surface area contributed by atoms with Crippen LogP contribution in [0, 0.1) is 5.41 Å². The molecule has 1 fully saturated rings. The number of amides is 1. The second-order valence-corrected chi connectivity index (χ2v) is 6.59. The predicted molar refractivity (Wildman–Crippen MR) is 73.3 cm³/mol. The number of hydrogen-bond donors (Lipinski definition) is 3. The topological polar surface area (TPSA) is 61.4 Å². The van der Waals surface area contributed by atoms with E-state index in [2.05, 4.69) is 31.4 Å². The van der Waals surface area contributed by atoms with Gasteiger partial charge in [-0.05, 0) is 37.6 Å². The molecule has 2 unspecified atom stereocenters. The lowest BCUT2D eigenvalue weighted by molar-refractivity contribution is -0.127. The number of aliphatic hydroxyl groups is 1. The highest BCUT2D eigenvalue weighted by molar-refractivity contribution is 5.86. The third-order valence-electron chi connectivity index (χ3n) is 3.63. The highest BCUT2D eigenvalue weighted by atomic mass is 16.3. The molecule has 0 aliphatic carbocycles. The van der Waals surface area contributed by atoms with E-state index in [1.807, 2.05) is 6.92 Å². The molecule has 1 aliphatic rings. The van der Waals surface area contributed by atoms with Gasteiger partial charge in [0.25, 0.3) is 0 Å². The van der Waals surface area contributed by atoms with Crippen LogP contribution >= 0.6 is 0 Å². The van der Waals surface area contributed by atoms with Crippen LogP contribution < -0.4 is 10.6 Å². The molecule has 0 radical (unpaired) electrons. The van der Waals surface area contributed by atoms with Gasteiger partial charge in [-0.25, -0.2) is 0 Å². The first-order valence-electron chi connectivity index (χ1n) is 7.00. The van der Waals surface area contributed by atoms with E-state index in [0.29, 0.717) is 13.0 Å². The van der Waals surface area contributed by atoms with Gasteiger partial charge in [-0.2, -0.15) is 0 Å². The second kappa shape index (κ2) is 6.02. The molecule has 0 bridgehead atoms. The Morgan fingerprint density at radius 3 is 2.61 bits per heavy atom. The van der Waals surface area contributed by atoms with Gasteiger partial charge in [0.05, 0.1) is 11.6 Å². The third-order valence-corrected chi connectivity index (χ3v) is 3.63. The molecule has 4 nitrogen and oxygen atoms in total. The normalized spacial score (nSPS) is 26.1. The summed E-state index contributed by atoms with van der Waals surface area (Å²) in [5.74, 6) is 0.0375. The standard InChI is InChI=1S/C14H28N2O2/c1-5-14(7-6-8-16-14)12(18)15-10-11(17)9-13(2,3)4/h11,16-17H,5-10H2,1-4H3,(H,15,18). The van der Waals surface area contributed by atoms with Crippen LogP contribution in [-0.2, 0) is 4.79 Å². The van der Waals surface area contributed by atoms with Crippen LogP contribution in [0.4, 0.5) is 0 Å². The zero-order chi connectivity index (χ0) is 13.8. The smallest absolute Gasteiger partial charge is 0.240 e. The summed E-state index contributed by atoms with van der Waals surface area (Å²) in [7, 11) is 0. The fraction of sp³-hybridized carbons (Fsp3) is 0.929. The van der Waals surface area contributed by atoms with Crippen LogP contribution in [0.3, 0.4) is 0 Å². The number of rotatable bonds is 5. The fourth-order valence-corrected chi connectivity index (χ4v) is 2.62. The number of hydrogen-bond acceptors (Lipinski definition) is 3. The minimum absolute atomic E-state index is 0.0375. The van der Waals surface area contributed by atoms with Gasteiger partial charge in [-0.3, -0.25) is 4.79 Å². The van der Waals surface area contributed by atoms with E-state index in [1.54, 1.807) is 0 Å². The zero-order valence-electron chi connectivity index (χ0n) is 12.2. The van der Waals surface area contributed by atoms with Gasteiger partial charge in [0, 0.05) is 6.54 Å². The third kappa shape index (κ3) is 4.25. The Morgan fingerprint density at radius 1 is 1.50 bits per heavy atom. The molecule has 1 heterocycles. The Hall–Kier alpha value is -0.610. The highest BCUT2D eigenvalue weighted by Gasteiger charge is 2.39. The largest absolute Gasteiger partial charge is 0.391 e. The van der Waals surface area contributed by atoms with Crippen molar-refractivity contribution in [3.63, 3.8) is 0 Å². The molecule has 3 N–H and O–H groups in total. The number of aliphatic hydroxyl groups excluding tert-OH is 1. The van der Waals surface area contributed by atoms with Crippen LogP contribution in [0.2, 0.25) is 0 Å². The minimum atomic E-state index is -0.468. The molecular formula is C14H28N2O2. The average molecular weight is 256 g/mol. The zero-order valence-corrected chi connectivity index (χ0v) is 12.2. The predicted octanol–water partition coefficient (Wildman–Crippen LogP) is 1.43. The van der Waals surface area contributed by atoms with Crippen molar-refractivity contribution in [2.75, 3.05) is 13.1 Å². The van der Waals surface area contributed by atoms with Crippen molar-refractivity contribution in [3.05, 3.63) is 0 Å². The van der Waals surface area contributed by atoms with E-state index in [9.17, 15) is 9.90 Å². The van der Waals surface area contributed by atoms with Gasteiger partial charge >= 0.3 is 0 Å². The summed E-state index contributed by atoms with van der Waals surface area (Å²) in [5.41, 5.74) is -0.320. The van der Waals surface area contributed by atoms with Gasteiger partial charge in [0.1, 0.15) is 0 Å². The summed E-state index contributed by atoms with van der Waals surface area (Å²) in [6.45, 7) is 9.55. The van der Waals surface area contributed by atoms with E-state index < -0.39 is 11.6 Å². The molecular weight excluding hydrogens is 228 g/mol. The minimum Gasteiger partial charge on any atom is -0.391 e. The van der Waals surface area contributed by atoms with Crippen LogP contribution in [0.15, 0.2) is 0 Å². The van der Waals surface area contributed by atoms with E-state index in [1.165, 1.54) is 0 Å². The Kier molecular flexibility index (Phi) is 5.17. The Bertz CT molecular complexity index is 278. The van der Waals surface area contributed by atoms with Crippen LogP contribution in [0.25, 0.3) is 0 Å². The van der Waals surface area contributed by atoms with Gasteiger partial charge in [0.15, 0.2) is 0 Å². The van der Waals surface area contributed by atoms with Crippen molar-refractivity contribution in [2.24, 2.45) is 5.41 Å². The summed E-state index contributed by atoms with van der Waals surface area (Å²) < 4.78 is 0. The Morgan fingerprint density at radius 2 is 2.17 bits per heavy atom. The molecule has 0 aromatic rings. The summed E-state index contributed by atoms with van der Waals surface area (Å²) in [6, 6.07) is 0. The van der Waals surface area contributed by atoms with E-state index in [0.717, 1.165) is 25.8 Å². The second-order valence-electron chi connectivity index (χ2n) is 6.59. The molecule has 1 amide bonds. The highest BCUT2D eigenvalue weighted by Crippen LogP contribution is 2.23. The molecule has 1 rings (SSSR count). The summed E-state index contributed by atoms with van der Waals surface area (Å²) in [4.78, 5) is 12.2. The molecule has 1 saturated heterocycles. The van der Waals surface area contributed by atoms with Crippen LogP contribution in [-0.4, -0.2) is 35.7 Å². The molecule has 0 aromatic carbocycles. The van der Waals surface area contributed by atoms with Crippen molar-refractivity contribution >= 4 is 5.91 Å². The molecule has 0 aromatic heterocycles. The van der Waals surface area contributed by atoms with E-state index >= 15 is 0 Å². The van der Waals surface area contributed by atoms with E-state index in [4.69, 9.17) is 0 Å². The van der Waals surface area contributed by atoms with Crippen LogP contribution in [0.1, 0.15) is 53.4 Å². The molecule has 0 spiro atoms. The van der Waals surface area contributed by atoms with Gasteiger partial charge in [-0.15, -0.1) is 0 Å². The lowest BCUT2D eigenvalue weighted by atomic mass is 9.89. The maximum atomic E-state index is 12.2. The maximum absolute atomic E-state index is 12.2. The Balaban J connectivity index is 2.41. The van der Waals surface area contributed by atoms with E-state index in [-0.39, 0.29) is 11.3 Å². The van der Waals surface area contributed by atoms with Crippen molar-refractivity contribution in [1.82, 2.24) is 10.6 Å². The number of carbonyl (C=O) groups is 1. The van der Waals surface area contributed by atoms with Gasteiger partial charge < -0.3 is 15.7 Å². The molecule has 0 saturated carbocycles. The lowest BCUT2D eigenvalue weighted by Crippen LogP contribution is -2.54. The number of carbonyl (C=O) groups excluding carboxylic acids is 1. The SMILES string of the molecule is CCC1(C(=O)NCC(O)CC(C)(C)C)CCCN1. The number of nitrogens with one attached hydrogen (secondary N) is 2. The van der Waals surface area contributed by atoms with Crippen LogP contribution in [0.5, 0.6) is 0 Å².